The summed E-state index contributed by atoms with van der Waals surface area (Å²) in [5.41, 5.74) is 0.939. The number of hydrogen-bond acceptors (Lipinski definition) is 3. The number of ketones is 1. The Morgan fingerprint density at radius 2 is 1.79 bits per heavy atom. The van der Waals surface area contributed by atoms with Crippen molar-refractivity contribution in [2.24, 2.45) is 0 Å². The van der Waals surface area contributed by atoms with E-state index < -0.39 is 17.5 Å². The maximum atomic E-state index is 12.6. The number of fused-ring (bicyclic) bond motifs is 1. The van der Waals surface area contributed by atoms with Gasteiger partial charge in [-0.05, 0) is 50.2 Å². The number of thiol groups is 1. The van der Waals surface area contributed by atoms with E-state index in [-0.39, 0.29) is 16.7 Å². The molecule has 0 bridgehead atoms. The van der Waals surface area contributed by atoms with Gasteiger partial charge in [-0.25, -0.2) is 0 Å². The molecule has 3 aromatic rings. The molecule has 0 fully saturated rings. The fourth-order valence-corrected chi connectivity index (χ4v) is 2.52. The zero-order chi connectivity index (χ0) is 20.9. The maximum absolute atomic E-state index is 12.6. The van der Waals surface area contributed by atoms with Gasteiger partial charge in [-0.1, -0.05) is 23.8 Å². The van der Waals surface area contributed by atoms with Crippen molar-refractivity contribution in [1.29, 1.82) is 5.26 Å². The highest BCUT2D eigenvalue weighted by Crippen LogP contribution is 2.31. The van der Waals surface area contributed by atoms with Gasteiger partial charge in [-0.15, -0.1) is 12.6 Å². The Hall–Kier alpha value is -2.98. The van der Waals surface area contributed by atoms with Crippen LogP contribution in [0.5, 0.6) is 0 Å². The number of aromatic amines is 1. The number of halogens is 3. The van der Waals surface area contributed by atoms with E-state index >= 15 is 0 Å². The first-order chi connectivity index (χ1) is 13.2. The highest BCUT2D eigenvalue weighted by atomic mass is 32.1. The van der Waals surface area contributed by atoms with Crippen LogP contribution in [-0.4, -0.2) is 10.8 Å². The molecular formula is C21H17F3N2OS. The summed E-state index contributed by atoms with van der Waals surface area (Å²) in [6, 6.07) is 14.3. The summed E-state index contributed by atoms with van der Waals surface area (Å²) in [4.78, 5) is 15.7. The number of carbonyl (C=O) groups excluding carboxylic acids is 1. The molecule has 0 spiro atoms. The molecule has 0 saturated heterocycles. The summed E-state index contributed by atoms with van der Waals surface area (Å²) in [5, 5.41) is 9.06. The smallest absolute Gasteiger partial charge is 0.352 e. The van der Waals surface area contributed by atoms with Crippen molar-refractivity contribution in [1.82, 2.24) is 4.98 Å². The topological polar surface area (TPSA) is 56.6 Å². The lowest BCUT2D eigenvalue weighted by molar-refractivity contribution is -0.137. The van der Waals surface area contributed by atoms with Crippen LogP contribution in [0.25, 0.3) is 10.9 Å². The van der Waals surface area contributed by atoms with E-state index in [2.05, 4.69) is 24.5 Å². The van der Waals surface area contributed by atoms with Gasteiger partial charge in [0.05, 0.1) is 16.8 Å². The predicted molar refractivity (Wildman–Crippen MR) is 105 cm³/mol. The third-order valence-electron chi connectivity index (χ3n) is 3.88. The molecule has 28 heavy (non-hydrogen) atoms. The van der Waals surface area contributed by atoms with Crippen LogP contribution in [0.4, 0.5) is 13.2 Å². The van der Waals surface area contributed by atoms with Gasteiger partial charge in [0.15, 0.2) is 0 Å². The molecule has 0 saturated carbocycles. The number of aromatic nitrogens is 1. The van der Waals surface area contributed by atoms with Crippen LogP contribution in [0, 0.1) is 18.3 Å². The average Bonchev–Trinajstić information content (AvgIpc) is 3.08. The molecule has 7 heteroatoms. The summed E-state index contributed by atoms with van der Waals surface area (Å²) >= 11 is 4.13. The minimum Gasteiger partial charge on any atom is -0.352 e. The minimum atomic E-state index is -4.43. The lowest BCUT2D eigenvalue weighted by Gasteiger charge is -2.05. The number of aryl methyl sites for hydroxylation is 1. The lowest BCUT2D eigenvalue weighted by atomic mass is 10.1. The Morgan fingerprint density at radius 1 is 1.14 bits per heavy atom. The maximum Gasteiger partial charge on any atom is 0.416 e. The zero-order valence-corrected chi connectivity index (χ0v) is 16.0. The van der Waals surface area contributed by atoms with Crippen LogP contribution in [0.15, 0.2) is 65.1 Å². The molecule has 1 N–H and O–H groups in total. The number of H-pyrrole nitrogens is 1. The number of carbonyl (C=O) groups is 1. The van der Waals surface area contributed by atoms with Crippen LogP contribution >= 0.6 is 12.6 Å². The van der Waals surface area contributed by atoms with Crippen LogP contribution in [0.1, 0.15) is 28.5 Å². The van der Waals surface area contributed by atoms with Crippen molar-refractivity contribution < 1.29 is 18.0 Å². The third-order valence-corrected chi connectivity index (χ3v) is 4.18. The Balaban J connectivity index is 0.000000292. The molecule has 3 rings (SSSR count). The van der Waals surface area contributed by atoms with Crippen molar-refractivity contribution >= 4 is 29.3 Å². The van der Waals surface area contributed by atoms with E-state index in [0.717, 1.165) is 17.0 Å². The number of Topliss-reactive ketones (excluding diaryl/α,β-unsaturated/α-hetero) is 1. The van der Waals surface area contributed by atoms with Crippen LogP contribution in [0.3, 0.4) is 0 Å². The Morgan fingerprint density at radius 3 is 2.29 bits per heavy atom. The van der Waals surface area contributed by atoms with Gasteiger partial charge < -0.3 is 4.98 Å². The standard InChI is InChI=1S/C14H9F3N2O.C7H8S/c1-2-8(7-18)13(20)12-6-9-5-10(14(15,16)17)3-4-11(9)19-12;1-6-2-4-7(8)5-3-6/h2-6,19H,1H3;2-5,8H,1H3/b8-2+;. The second-order valence-electron chi connectivity index (χ2n) is 5.96. The molecule has 0 aliphatic heterocycles. The highest BCUT2D eigenvalue weighted by Gasteiger charge is 2.30. The Kier molecular flexibility index (Phi) is 6.71. The van der Waals surface area contributed by atoms with Crippen molar-refractivity contribution in [3.8, 4) is 6.07 Å². The number of alkyl halides is 3. The van der Waals surface area contributed by atoms with Gasteiger partial charge in [0, 0.05) is 15.8 Å². The average molecular weight is 402 g/mol. The first kappa shape index (κ1) is 21.3. The molecule has 0 aliphatic rings. The fraction of sp³-hybridized carbons (Fsp3) is 0.143. The lowest BCUT2D eigenvalue weighted by Crippen LogP contribution is -2.03. The number of benzene rings is 2. The highest BCUT2D eigenvalue weighted by molar-refractivity contribution is 7.80. The normalized spacial score (nSPS) is 11.5. The fourth-order valence-electron chi connectivity index (χ4n) is 2.37. The van der Waals surface area contributed by atoms with E-state index in [9.17, 15) is 18.0 Å². The second kappa shape index (κ2) is 8.81. The van der Waals surface area contributed by atoms with E-state index in [1.807, 2.05) is 24.3 Å². The third kappa shape index (κ3) is 5.27. The molecule has 0 amide bonds. The molecule has 0 unspecified atom stereocenters. The van der Waals surface area contributed by atoms with Gasteiger partial charge >= 0.3 is 6.18 Å². The zero-order valence-electron chi connectivity index (χ0n) is 15.1. The Labute approximate surface area is 165 Å². The van der Waals surface area contributed by atoms with E-state index in [0.29, 0.717) is 5.52 Å². The van der Waals surface area contributed by atoms with Crippen molar-refractivity contribution in [3.05, 3.63) is 77.0 Å². The molecular weight excluding hydrogens is 385 g/mol. The number of hydrogen-bond donors (Lipinski definition) is 2. The second-order valence-corrected chi connectivity index (χ2v) is 6.48. The molecule has 2 aromatic carbocycles. The quantitative estimate of drug-likeness (QED) is 0.235. The summed E-state index contributed by atoms with van der Waals surface area (Å²) in [5.74, 6) is -0.542. The number of nitrogens with zero attached hydrogens (tertiary/aromatic N) is 1. The van der Waals surface area contributed by atoms with Crippen LogP contribution < -0.4 is 0 Å². The van der Waals surface area contributed by atoms with E-state index in [4.69, 9.17) is 5.26 Å². The summed E-state index contributed by atoms with van der Waals surface area (Å²) in [6.07, 6.45) is -3.08. The molecule has 0 radical (unpaired) electrons. The summed E-state index contributed by atoms with van der Waals surface area (Å²) in [7, 11) is 0. The van der Waals surface area contributed by atoms with Gasteiger partial charge in [-0.3, -0.25) is 4.79 Å². The first-order valence-electron chi connectivity index (χ1n) is 8.22. The van der Waals surface area contributed by atoms with Crippen LogP contribution in [0.2, 0.25) is 0 Å². The number of allylic oxidation sites excluding steroid dienone is 2. The van der Waals surface area contributed by atoms with E-state index in [1.54, 1.807) is 13.0 Å². The van der Waals surface area contributed by atoms with Gasteiger partial charge in [0.2, 0.25) is 5.78 Å². The predicted octanol–water partition coefficient (Wildman–Crippen LogP) is 6.12. The SMILES string of the molecule is C/C=C(\C#N)C(=O)c1cc2cc(C(F)(F)F)ccc2[nH]1.Cc1ccc(S)cc1. The number of nitriles is 1. The van der Waals surface area contributed by atoms with Gasteiger partial charge in [0.25, 0.3) is 0 Å². The van der Waals surface area contributed by atoms with Crippen molar-refractivity contribution in [3.63, 3.8) is 0 Å². The summed E-state index contributed by atoms with van der Waals surface area (Å²) < 4.78 is 37.8. The van der Waals surface area contributed by atoms with Crippen molar-refractivity contribution in [2.45, 2.75) is 24.9 Å². The van der Waals surface area contributed by atoms with Gasteiger partial charge in [0.1, 0.15) is 6.07 Å². The summed E-state index contributed by atoms with van der Waals surface area (Å²) in [6.45, 7) is 3.61. The first-order valence-corrected chi connectivity index (χ1v) is 8.67. The molecule has 3 nitrogen and oxygen atoms in total. The number of nitrogens with one attached hydrogen (secondary N) is 1. The van der Waals surface area contributed by atoms with E-state index in [1.165, 1.54) is 23.8 Å². The molecule has 144 valence electrons. The molecule has 0 atom stereocenters. The monoisotopic (exact) mass is 402 g/mol. The minimum absolute atomic E-state index is 0.0624. The number of rotatable bonds is 2. The molecule has 1 heterocycles. The largest absolute Gasteiger partial charge is 0.416 e. The van der Waals surface area contributed by atoms with Crippen LogP contribution in [-0.2, 0) is 6.18 Å². The van der Waals surface area contributed by atoms with Gasteiger partial charge in [-0.2, -0.15) is 18.4 Å². The van der Waals surface area contributed by atoms with Crippen molar-refractivity contribution in [2.75, 3.05) is 0 Å². The molecule has 0 aliphatic carbocycles. The molecule has 1 aromatic heterocycles. The Bertz CT molecular complexity index is 1040.